The van der Waals surface area contributed by atoms with Gasteiger partial charge in [0.15, 0.2) is 5.82 Å². The van der Waals surface area contributed by atoms with Crippen molar-refractivity contribution in [3.63, 3.8) is 0 Å². The van der Waals surface area contributed by atoms with Crippen LogP contribution in [0.1, 0.15) is 63.2 Å². The van der Waals surface area contributed by atoms with Crippen LogP contribution in [0.2, 0.25) is 0 Å². The smallest absolute Gasteiger partial charge is 0.159 e. The lowest BCUT2D eigenvalue weighted by Gasteiger charge is -2.28. The topological polar surface area (TPSA) is 47.0 Å². The van der Waals surface area contributed by atoms with E-state index in [1.807, 2.05) is 20.0 Å². The van der Waals surface area contributed by atoms with E-state index in [1.165, 1.54) is 24.1 Å². The lowest BCUT2D eigenvalue weighted by Crippen LogP contribution is -2.29. The second-order valence-electron chi connectivity index (χ2n) is 5.71. The zero-order valence-electron chi connectivity index (χ0n) is 12.5. The quantitative estimate of drug-likeness (QED) is 0.887. The maximum absolute atomic E-state index is 5.47. The molecule has 0 radical (unpaired) electrons. The first-order chi connectivity index (χ1) is 9.08. The molecule has 0 aromatic carbocycles. The summed E-state index contributed by atoms with van der Waals surface area (Å²) in [6.07, 6.45) is 6.57. The van der Waals surface area contributed by atoms with E-state index in [1.54, 1.807) is 7.11 Å². The molecule has 0 fully saturated rings. The highest BCUT2D eigenvalue weighted by atomic mass is 16.5. The Bertz CT molecular complexity index is 431. The zero-order valence-corrected chi connectivity index (χ0v) is 12.5. The van der Waals surface area contributed by atoms with Gasteiger partial charge in [0.2, 0.25) is 0 Å². The van der Waals surface area contributed by atoms with E-state index >= 15 is 0 Å². The maximum atomic E-state index is 5.47. The summed E-state index contributed by atoms with van der Waals surface area (Å²) >= 11 is 0. The van der Waals surface area contributed by atoms with Gasteiger partial charge in [0.1, 0.15) is 5.60 Å². The van der Waals surface area contributed by atoms with E-state index in [0.29, 0.717) is 6.04 Å². The number of aryl methyl sites for hydroxylation is 1. The van der Waals surface area contributed by atoms with Crippen LogP contribution in [0, 0.1) is 0 Å². The van der Waals surface area contributed by atoms with Crippen molar-refractivity contribution in [3.8, 4) is 0 Å². The van der Waals surface area contributed by atoms with Crippen molar-refractivity contribution >= 4 is 0 Å². The van der Waals surface area contributed by atoms with E-state index < -0.39 is 5.60 Å². The van der Waals surface area contributed by atoms with Gasteiger partial charge in [0, 0.05) is 30.6 Å². The average molecular weight is 263 g/mol. The molecule has 0 saturated heterocycles. The lowest BCUT2D eigenvalue weighted by molar-refractivity contribution is 0.0111. The summed E-state index contributed by atoms with van der Waals surface area (Å²) in [4.78, 5) is 9.25. The average Bonchev–Trinajstić information content (AvgIpc) is 2.44. The van der Waals surface area contributed by atoms with Crippen LogP contribution in [-0.2, 0) is 16.8 Å². The van der Waals surface area contributed by atoms with Crippen LogP contribution in [0.5, 0.6) is 0 Å². The van der Waals surface area contributed by atoms with Gasteiger partial charge in [-0.05, 0) is 46.1 Å². The number of fused-ring (bicyclic) bond motifs is 1. The first-order valence-corrected chi connectivity index (χ1v) is 7.23. The first-order valence-electron chi connectivity index (χ1n) is 7.23. The zero-order chi connectivity index (χ0) is 13.9. The largest absolute Gasteiger partial charge is 0.371 e. The Balaban J connectivity index is 2.25. The van der Waals surface area contributed by atoms with E-state index in [9.17, 15) is 0 Å². The highest BCUT2D eigenvalue weighted by molar-refractivity contribution is 5.25. The van der Waals surface area contributed by atoms with E-state index in [2.05, 4.69) is 17.2 Å². The molecular formula is C15H25N3O. The Kier molecular flexibility index (Phi) is 4.53. The summed E-state index contributed by atoms with van der Waals surface area (Å²) in [5.74, 6) is 0.782. The van der Waals surface area contributed by atoms with Crippen LogP contribution in [0.4, 0.5) is 0 Å². The van der Waals surface area contributed by atoms with Crippen LogP contribution < -0.4 is 5.32 Å². The number of nitrogens with one attached hydrogen (secondary N) is 1. The molecule has 2 rings (SSSR count). The van der Waals surface area contributed by atoms with Crippen molar-refractivity contribution in [1.29, 1.82) is 0 Å². The number of rotatable bonds is 5. The van der Waals surface area contributed by atoms with Crippen LogP contribution in [0.25, 0.3) is 0 Å². The highest BCUT2D eigenvalue weighted by Crippen LogP contribution is 2.30. The van der Waals surface area contributed by atoms with Crippen molar-refractivity contribution < 1.29 is 4.74 Å². The second kappa shape index (κ2) is 5.97. The third kappa shape index (κ3) is 3.12. The molecule has 19 heavy (non-hydrogen) atoms. The van der Waals surface area contributed by atoms with Crippen LogP contribution in [0.15, 0.2) is 6.20 Å². The number of hydrogen-bond acceptors (Lipinski definition) is 4. The molecule has 4 nitrogen and oxygen atoms in total. The standard InChI is InChI=1S/C15H25N3O/c1-5-9-16-12-7-6-8-13-11(12)10-17-14(18-13)15(2,3)19-4/h10,12,16H,5-9H2,1-4H3. The highest BCUT2D eigenvalue weighted by Gasteiger charge is 2.27. The maximum Gasteiger partial charge on any atom is 0.159 e. The molecule has 1 atom stereocenters. The fourth-order valence-electron chi connectivity index (χ4n) is 2.46. The third-order valence-corrected chi connectivity index (χ3v) is 3.87. The predicted molar refractivity (Wildman–Crippen MR) is 76.0 cm³/mol. The van der Waals surface area contributed by atoms with Crippen LogP contribution in [-0.4, -0.2) is 23.6 Å². The minimum absolute atomic E-state index is 0.418. The molecule has 1 aromatic heterocycles. The van der Waals surface area contributed by atoms with Crippen LogP contribution in [0.3, 0.4) is 0 Å². The molecule has 0 bridgehead atoms. The Morgan fingerprint density at radius 2 is 2.26 bits per heavy atom. The fraction of sp³-hybridized carbons (Fsp3) is 0.733. The third-order valence-electron chi connectivity index (χ3n) is 3.87. The van der Waals surface area contributed by atoms with Gasteiger partial charge in [-0.1, -0.05) is 6.92 Å². The van der Waals surface area contributed by atoms with E-state index in [4.69, 9.17) is 9.72 Å². The molecule has 1 heterocycles. The van der Waals surface area contributed by atoms with E-state index in [-0.39, 0.29) is 0 Å². The summed E-state index contributed by atoms with van der Waals surface area (Å²) in [6.45, 7) is 7.25. The summed E-state index contributed by atoms with van der Waals surface area (Å²) < 4.78 is 5.47. The molecule has 1 unspecified atom stereocenters. The van der Waals surface area contributed by atoms with Gasteiger partial charge in [-0.25, -0.2) is 9.97 Å². The number of nitrogens with zero attached hydrogens (tertiary/aromatic N) is 2. The van der Waals surface area contributed by atoms with Gasteiger partial charge >= 0.3 is 0 Å². The van der Waals surface area contributed by atoms with Crippen molar-refractivity contribution in [2.45, 2.75) is 58.1 Å². The molecule has 1 aliphatic rings. The normalized spacial score (nSPS) is 19.3. The van der Waals surface area contributed by atoms with Gasteiger partial charge in [0.25, 0.3) is 0 Å². The minimum Gasteiger partial charge on any atom is -0.371 e. The number of ether oxygens (including phenoxy) is 1. The summed E-state index contributed by atoms with van der Waals surface area (Å²) in [6, 6.07) is 0.420. The Labute approximate surface area is 116 Å². The van der Waals surface area contributed by atoms with Gasteiger partial charge in [-0.2, -0.15) is 0 Å². The SMILES string of the molecule is CCCNC1CCCc2nc(C(C)(C)OC)ncc21. The summed E-state index contributed by atoms with van der Waals surface area (Å²) in [7, 11) is 1.70. The lowest BCUT2D eigenvalue weighted by atomic mass is 9.92. The molecule has 0 spiro atoms. The minimum atomic E-state index is -0.418. The molecule has 0 amide bonds. The van der Waals surface area contributed by atoms with Gasteiger partial charge in [-0.15, -0.1) is 0 Å². The Hall–Kier alpha value is -1.00. The van der Waals surface area contributed by atoms with Gasteiger partial charge in [-0.3, -0.25) is 0 Å². The van der Waals surface area contributed by atoms with Gasteiger partial charge in [0.05, 0.1) is 0 Å². The predicted octanol–water partition coefficient (Wildman–Crippen LogP) is 2.74. The van der Waals surface area contributed by atoms with Crippen molar-refractivity contribution in [3.05, 3.63) is 23.3 Å². The van der Waals surface area contributed by atoms with Gasteiger partial charge < -0.3 is 10.1 Å². The molecule has 4 heteroatoms. The number of methoxy groups -OCH3 is 1. The number of hydrogen-bond donors (Lipinski definition) is 1. The molecule has 1 aromatic rings. The first kappa shape index (κ1) is 14.4. The molecule has 1 aliphatic carbocycles. The summed E-state index contributed by atoms with van der Waals surface area (Å²) in [5.41, 5.74) is 2.05. The fourth-order valence-corrected chi connectivity index (χ4v) is 2.46. The Morgan fingerprint density at radius 1 is 1.47 bits per heavy atom. The Morgan fingerprint density at radius 3 is 2.95 bits per heavy atom. The monoisotopic (exact) mass is 263 g/mol. The van der Waals surface area contributed by atoms with Crippen LogP contribution >= 0.6 is 0 Å². The number of aromatic nitrogens is 2. The second-order valence-corrected chi connectivity index (χ2v) is 5.71. The molecule has 1 N–H and O–H groups in total. The molecule has 106 valence electrons. The van der Waals surface area contributed by atoms with Crippen molar-refractivity contribution in [1.82, 2.24) is 15.3 Å². The molecule has 0 saturated carbocycles. The van der Waals surface area contributed by atoms with Crippen molar-refractivity contribution in [2.24, 2.45) is 0 Å². The van der Waals surface area contributed by atoms with Crippen molar-refractivity contribution in [2.75, 3.05) is 13.7 Å². The van der Waals surface area contributed by atoms with E-state index in [0.717, 1.165) is 25.2 Å². The summed E-state index contributed by atoms with van der Waals surface area (Å²) in [5, 5.41) is 3.59. The molecular weight excluding hydrogens is 238 g/mol. The molecule has 0 aliphatic heterocycles.